The van der Waals surface area contributed by atoms with Gasteiger partial charge in [-0.25, -0.2) is 9.07 Å². The number of nitrogens with zero attached hydrogens (tertiary/aromatic N) is 2. The molecule has 4 rings (SSSR count). The van der Waals surface area contributed by atoms with Crippen molar-refractivity contribution in [2.45, 2.75) is 13.8 Å². The van der Waals surface area contributed by atoms with E-state index in [1.807, 2.05) is 13.8 Å². The summed E-state index contributed by atoms with van der Waals surface area (Å²) < 4.78 is 25.4. The van der Waals surface area contributed by atoms with Crippen molar-refractivity contribution in [1.29, 1.82) is 0 Å². The first-order chi connectivity index (χ1) is 13.5. The average Bonchev–Trinajstić information content (AvgIpc) is 3.25. The number of halogens is 1. The van der Waals surface area contributed by atoms with E-state index in [4.69, 9.17) is 9.47 Å². The van der Waals surface area contributed by atoms with Gasteiger partial charge >= 0.3 is 0 Å². The van der Waals surface area contributed by atoms with E-state index in [-0.39, 0.29) is 18.5 Å². The zero-order valence-corrected chi connectivity index (χ0v) is 15.4. The molecule has 0 saturated carbocycles. The fourth-order valence-corrected chi connectivity index (χ4v) is 3.05. The second kappa shape index (κ2) is 7.19. The van der Waals surface area contributed by atoms with Crippen LogP contribution >= 0.6 is 0 Å². The van der Waals surface area contributed by atoms with Gasteiger partial charge < -0.3 is 14.8 Å². The Labute approximate surface area is 161 Å². The van der Waals surface area contributed by atoms with Crippen LogP contribution in [0.3, 0.4) is 0 Å². The molecule has 0 saturated heterocycles. The summed E-state index contributed by atoms with van der Waals surface area (Å²) in [4.78, 5) is 12.3. The first-order valence-corrected chi connectivity index (χ1v) is 8.72. The van der Waals surface area contributed by atoms with Crippen LogP contribution in [0.15, 0.2) is 48.5 Å². The summed E-state index contributed by atoms with van der Waals surface area (Å²) in [5.74, 6) is 0.694. The molecular weight excluding hydrogens is 361 g/mol. The highest BCUT2D eigenvalue weighted by molar-refractivity contribution is 6.02. The fraction of sp³-hybridized carbons (Fsp3) is 0.143. The monoisotopic (exact) mass is 379 g/mol. The number of hydrogen-bond donors (Lipinski definition) is 1. The Morgan fingerprint density at radius 2 is 1.89 bits per heavy atom. The highest BCUT2D eigenvalue weighted by Gasteiger charge is 2.14. The molecule has 2 heterocycles. The number of anilines is 1. The number of benzene rings is 2. The van der Waals surface area contributed by atoms with Crippen molar-refractivity contribution >= 4 is 17.7 Å². The van der Waals surface area contributed by atoms with Crippen LogP contribution in [0.1, 0.15) is 17.0 Å². The molecule has 2 aromatic carbocycles. The molecule has 1 aromatic heterocycles. The average molecular weight is 379 g/mol. The van der Waals surface area contributed by atoms with Gasteiger partial charge in [-0.15, -0.1) is 0 Å². The van der Waals surface area contributed by atoms with Crippen molar-refractivity contribution in [3.05, 3.63) is 71.3 Å². The van der Waals surface area contributed by atoms with E-state index in [0.29, 0.717) is 17.2 Å². The molecule has 1 aliphatic rings. The number of hydrogen-bond acceptors (Lipinski definition) is 4. The maximum atomic E-state index is 13.1. The predicted molar refractivity (Wildman–Crippen MR) is 103 cm³/mol. The minimum absolute atomic E-state index is 0.184. The fourth-order valence-electron chi connectivity index (χ4n) is 3.05. The second-order valence-corrected chi connectivity index (χ2v) is 6.36. The van der Waals surface area contributed by atoms with Crippen molar-refractivity contribution in [1.82, 2.24) is 9.78 Å². The van der Waals surface area contributed by atoms with Gasteiger partial charge in [0.25, 0.3) is 0 Å². The Balaban J connectivity index is 1.51. The summed E-state index contributed by atoms with van der Waals surface area (Å²) >= 11 is 0. The topological polar surface area (TPSA) is 65.4 Å². The minimum atomic E-state index is -0.300. The van der Waals surface area contributed by atoms with E-state index in [0.717, 1.165) is 22.6 Å². The van der Waals surface area contributed by atoms with Crippen LogP contribution in [0.25, 0.3) is 11.8 Å². The van der Waals surface area contributed by atoms with Crippen LogP contribution in [0, 0.1) is 19.7 Å². The van der Waals surface area contributed by atoms with Crippen LogP contribution in [-0.4, -0.2) is 22.5 Å². The second-order valence-electron chi connectivity index (χ2n) is 6.36. The molecule has 0 spiro atoms. The van der Waals surface area contributed by atoms with E-state index < -0.39 is 0 Å². The lowest BCUT2D eigenvalue weighted by atomic mass is 10.2. The van der Waals surface area contributed by atoms with Gasteiger partial charge in [-0.1, -0.05) is 0 Å². The molecule has 0 unspecified atom stereocenters. The molecule has 0 atom stereocenters. The number of amides is 1. The number of aromatic nitrogens is 2. The van der Waals surface area contributed by atoms with Gasteiger partial charge in [0.1, 0.15) is 5.82 Å². The summed E-state index contributed by atoms with van der Waals surface area (Å²) in [6.07, 6.45) is 3.18. The van der Waals surface area contributed by atoms with E-state index in [9.17, 15) is 9.18 Å². The molecular formula is C21H18FN3O3. The molecule has 0 aliphatic carbocycles. The summed E-state index contributed by atoms with van der Waals surface area (Å²) in [6, 6.07) is 11.3. The smallest absolute Gasteiger partial charge is 0.248 e. The number of fused-ring (bicyclic) bond motifs is 1. The Hall–Kier alpha value is -3.61. The lowest BCUT2D eigenvalue weighted by Crippen LogP contribution is -2.07. The number of nitrogens with one attached hydrogen (secondary N) is 1. The Kier molecular flexibility index (Phi) is 4.57. The first-order valence-electron chi connectivity index (χ1n) is 8.72. The Morgan fingerprint density at radius 1 is 1.14 bits per heavy atom. The van der Waals surface area contributed by atoms with Crippen LogP contribution < -0.4 is 14.8 Å². The number of aryl methyl sites for hydroxylation is 1. The van der Waals surface area contributed by atoms with E-state index in [2.05, 4.69) is 10.4 Å². The van der Waals surface area contributed by atoms with E-state index in [1.54, 1.807) is 41.1 Å². The van der Waals surface area contributed by atoms with Crippen molar-refractivity contribution in [3.63, 3.8) is 0 Å². The van der Waals surface area contributed by atoms with Crippen LogP contribution in [0.2, 0.25) is 0 Å². The standard InChI is InChI=1S/C21H18FN3O3/c1-13-18(14(2)25(24-13)17-6-3-15(22)4-7-17)8-10-21(26)23-16-5-9-19-20(11-16)28-12-27-19/h3-11H,12H2,1-2H3,(H,23,26). The van der Waals surface area contributed by atoms with Gasteiger partial charge in [0.05, 0.1) is 11.4 Å². The van der Waals surface area contributed by atoms with Crippen LogP contribution in [0.5, 0.6) is 11.5 Å². The van der Waals surface area contributed by atoms with Gasteiger partial charge in [-0.05, 0) is 56.3 Å². The molecule has 6 nitrogen and oxygen atoms in total. The lowest BCUT2D eigenvalue weighted by Gasteiger charge is -2.04. The molecule has 142 valence electrons. The largest absolute Gasteiger partial charge is 0.454 e. The predicted octanol–water partition coefficient (Wildman–Crippen LogP) is 4.01. The maximum absolute atomic E-state index is 13.1. The van der Waals surface area contributed by atoms with Gasteiger partial charge in [-0.3, -0.25) is 4.79 Å². The maximum Gasteiger partial charge on any atom is 0.248 e. The molecule has 1 aliphatic heterocycles. The van der Waals surface area contributed by atoms with Gasteiger partial charge in [0.15, 0.2) is 11.5 Å². The number of carbonyl (C=O) groups is 1. The van der Waals surface area contributed by atoms with Gasteiger partial charge in [-0.2, -0.15) is 5.10 Å². The number of ether oxygens (including phenoxy) is 2. The van der Waals surface area contributed by atoms with Crippen molar-refractivity contribution in [3.8, 4) is 17.2 Å². The first kappa shape index (κ1) is 17.8. The normalized spacial score (nSPS) is 12.5. The highest BCUT2D eigenvalue weighted by atomic mass is 19.1. The summed E-state index contributed by atoms with van der Waals surface area (Å²) in [5, 5.41) is 7.29. The third-order valence-electron chi connectivity index (χ3n) is 4.46. The molecule has 0 bridgehead atoms. The molecule has 1 N–H and O–H groups in total. The van der Waals surface area contributed by atoms with Gasteiger partial charge in [0, 0.05) is 29.1 Å². The molecule has 1 amide bonds. The van der Waals surface area contributed by atoms with Crippen LogP contribution in [-0.2, 0) is 4.79 Å². The number of carbonyl (C=O) groups excluding carboxylic acids is 1. The molecule has 0 radical (unpaired) electrons. The van der Waals surface area contributed by atoms with Gasteiger partial charge in [0.2, 0.25) is 12.7 Å². The third-order valence-corrected chi connectivity index (χ3v) is 4.46. The lowest BCUT2D eigenvalue weighted by molar-refractivity contribution is -0.111. The molecule has 7 heteroatoms. The van der Waals surface area contributed by atoms with Crippen molar-refractivity contribution in [2.75, 3.05) is 12.1 Å². The zero-order valence-electron chi connectivity index (χ0n) is 15.4. The van der Waals surface area contributed by atoms with Crippen molar-refractivity contribution < 1.29 is 18.7 Å². The Morgan fingerprint density at radius 3 is 2.68 bits per heavy atom. The number of rotatable bonds is 4. The molecule has 3 aromatic rings. The van der Waals surface area contributed by atoms with Crippen LogP contribution in [0.4, 0.5) is 10.1 Å². The molecule has 0 fully saturated rings. The van der Waals surface area contributed by atoms with E-state index >= 15 is 0 Å². The summed E-state index contributed by atoms with van der Waals surface area (Å²) in [7, 11) is 0. The molecule has 28 heavy (non-hydrogen) atoms. The zero-order chi connectivity index (χ0) is 19.7. The summed E-state index contributed by atoms with van der Waals surface area (Å²) in [6.45, 7) is 3.95. The highest BCUT2D eigenvalue weighted by Crippen LogP contribution is 2.34. The SMILES string of the molecule is Cc1nn(-c2ccc(F)cc2)c(C)c1C=CC(=O)Nc1ccc2c(c1)OCO2. The van der Waals surface area contributed by atoms with E-state index in [1.165, 1.54) is 18.2 Å². The minimum Gasteiger partial charge on any atom is -0.454 e. The quantitative estimate of drug-likeness (QED) is 0.696. The summed E-state index contributed by atoms with van der Waals surface area (Å²) in [5.41, 5.74) is 3.84. The Bertz CT molecular complexity index is 1070. The third kappa shape index (κ3) is 3.46. The van der Waals surface area contributed by atoms with Crippen molar-refractivity contribution in [2.24, 2.45) is 0 Å².